The predicted molar refractivity (Wildman–Crippen MR) is 94.6 cm³/mol. The quantitative estimate of drug-likeness (QED) is 0.908. The van der Waals surface area contributed by atoms with Gasteiger partial charge in [0.1, 0.15) is 12.4 Å². The van der Waals surface area contributed by atoms with Gasteiger partial charge in [-0.3, -0.25) is 9.69 Å². The number of ether oxygens (including phenoxy) is 1. The van der Waals surface area contributed by atoms with Gasteiger partial charge in [0.15, 0.2) is 0 Å². The fraction of sp³-hybridized carbons (Fsp3) is 0.474. The van der Waals surface area contributed by atoms with Crippen LogP contribution in [0.25, 0.3) is 5.69 Å². The molecule has 1 spiro atoms. The number of likely N-dealkylation sites (tertiary alicyclic amines) is 1. The number of morpholine rings is 1. The molecule has 1 atom stereocenters. The third kappa shape index (κ3) is 3.24. The minimum Gasteiger partial charge on any atom is -0.362 e. The Bertz CT molecular complexity index is 838. The Balaban J connectivity index is 1.56. The van der Waals surface area contributed by atoms with E-state index < -0.39 is 0 Å². The summed E-state index contributed by atoms with van der Waals surface area (Å²) < 4.78 is 21.6. The molecule has 26 heavy (non-hydrogen) atoms. The first-order chi connectivity index (χ1) is 12.4. The van der Waals surface area contributed by atoms with Crippen molar-refractivity contribution >= 4 is 5.91 Å². The van der Waals surface area contributed by atoms with Gasteiger partial charge in [-0.25, -0.2) is 9.07 Å². The summed E-state index contributed by atoms with van der Waals surface area (Å²) in [5, 5.41) is 7.43. The molecular weight excluding hydrogens is 335 g/mol. The van der Waals surface area contributed by atoms with Gasteiger partial charge in [-0.05, 0) is 50.1 Å². The molecule has 2 fully saturated rings. The van der Waals surface area contributed by atoms with Crippen LogP contribution in [0.15, 0.2) is 24.3 Å². The van der Waals surface area contributed by atoms with Crippen molar-refractivity contribution < 1.29 is 13.9 Å². The number of hydrogen-bond acceptors (Lipinski definition) is 4. The standard InChI is InChI=1S/C19H23FN4O2/c1-13-7-14(2)24(22-13)17-4-3-16(20)8-15(17)9-23-6-5-19(12-23)11-21-18(25)10-26-19/h3-4,7-8H,5-6,9-12H2,1-2H3,(H,21,25). The zero-order valence-corrected chi connectivity index (χ0v) is 15.1. The predicted octanol–water partition coefficient (Wildman–Crippen LogP) is 1.72. The van der Waals surface area contributed by atoms with Crippen LogP contribution in [0.1, 0.15) is 23.4 Å². The lowest BCUT2D eigenvalue weighted by atomic mass is 10.0. The van der Waals surface area contributed by atoms with Gasteiger partial charge in [-0.15, -0.1) is 0 Å². The maximum Gasteiger partial charge on any atom is 0.246 e. The van der Waals surface area contributed by atoms with Crippen LogP contribution in [0.4, 0.5) is 4.39 Å². The highest BCUT2D eigenvalue weighted by Crippen LogP contribution is 2.29. The molecule has 1 unspecified atom stereocenters. The van der Waals surface area contributed by atoms with Crippen LogP contribution in [-0.4, -0.2) is 52.4 Å². The van der Waals surface area contributed by atoms with Crippen LogP contribution in [0.3, 0.4) is 0 Å². The van der Waals surface area contributed by atoms with Gasteiger partial charge in [-0.1, -0.05) is 0 Å². The molecule has 0 radical (unpaired) electrons. The highest BCUT2D eigenvalue weighted by Gasteiger charge is 2.42. The topological polar surface area (TPSA) is 59.4 Å². The first-order valence-electron chi connectivity index (χ1n) is 8.89. The summed E-state index contributed by atoms with van der Waals surface area (Å²) in [6.45, 7) is 6.79. The lowest BCUT2D eigenvalue weighted by Gasteiger charge is -2.33. The molecule has 2 aliphatic rings. The lowest BCUT2D eigenvalue weighted by Crippen LogP contribution is -2.53. The molecule has 2 aromatic rings. The Morgan fingerprint density at radius 1 is 1.35 bits per heavy atom. The number of aromatic nitrogens is 2. The van der Waals surface area contributed by atoms with Crippen molar-refractivity contribution in [2.75, 3.05) is 26.2 Å². The summed E-state index contributed by atoms with van der Waals surface area (Å²) in [6.07, 6.45) is 0.859. The Hall–Kier alpha value is -2.25. The molecule has 1 aromatic heterocycles. The third-order valence-electron chi connectivity index (χ3n) is 5.19. The molecule has 2 saturated heterocycles. The van der Waals surface area contributed by atoms with Crippen molar-refractivity contribution in [2.24, 2.45) is 0 Å². The normalized spacial score (nSPS) is 23.6. The highest BCUT2D eigenvalue weighted by molar-refractivity contribution is 5.78. The third-order valence-corrected chi connectivity index (χ3v) is 5.19. The fourth-order valence-electron chi connectivity index (χ4n) is 3.91. The Morgan fingerprint density at radius 3 is 2.88 bits per heavy atom. The van der Waals surface area contributed by atoms with Crippen LogP contribution in [0.2, 0.25) is 0 Å². The first-order valence-corrected chi connectivity index (χ1v) is 8.89. The van der Waals surface area contributed by atoms with E-state index in [-0.39, 0.29) is 23.9 Å². The van der Waals surface area contributed by atoms with E-state index >= 15 is 0 Å². The highest BCUT2D eigenvalue weighted by atomic mass is 19.1. The zero-order chi connectivity index (χ0) is 18.3. The number of nitrogens with one attached hydrogen (secondary N) is 1. The molecule has 138 valence electrons. The van der Waals surface area contributed by atoms with Crippen molar-refractivity contribution in [1.82, 2.24) is 20.0 Å². The average Bonchev–Trinajstić information content (AvgIpc) is 3.14. The average molecular weight is 358 g/mol. The van der Waals surface area contributed by atoms with E-state index in [9.17, 15) is 9.18 Å². The molecule has 1 amide bonds. The van der Waals surface area contributed by atoms with Gasteiger partial charge in [0, 0.05) is 31.9 Å². The number of carbonyl (C=O) groups is 1. The van der Waals surface area contributed by atoms with E-state index in [1.807, 2.05) is 24.6 Å². The molecule has 1 aromatic carbocycles. The molecule has 4 rings (SSSR count). The van der Waals surface area contributed by atoms with E-state index in [4.69, 9.17) is 4.74 Å². The van der Waals surface area contributed by atoms with Gasteiger partial charge < -0.3 is 10.1 Å². The summed E-state index contributed by atoms with van der Waals surface area (Å²) in [5.41, 5.74) is 3.43. The summed E-state index contributed by atoms with van der Waals surface area (Å²) in [6, 6.07) is 6.85. The number of amides is 1. The lowest BCUT2D eigenvalue weighted by molar-refractivity contribution is -0.142. The molecule has 7 heteroatoms. The summed E-state index contributed by atoms with van der Waals surface area (Å²) >= 11 is 0. The number of aryl methyl sites for hydroxylation is 2. The second kappa shape index (κ2) is 6.48. The minimum absolute atomic E-state index is 0.0639. The molecular formula is C19H23FN4O2. The number of rotatable bonds is 3. The smallest absolute Gasteiger partial charge is 0.246 e. The van der Waals surface area contributed by atoms with Crippen LogP contribution in [0, 0.1) is 19.7 Å². The van der Waals surface area contributed by atoms with Gasteiger partial charge in [0.2, 0.25) is 5.91 Å². The Kier molecular flexibility index (Phi) is 4.28. The second-order valence-corrected chi connectivity index (χ2v) is 7.32. The van der Waals surface area contributed by atoms with Crippen molar-refractivity contribution in [3.05, 3.63) is 47.0 Å². The van der Waals surface area contributed by atoms with E-state index in [2.05, 4.69) is 15.3 Å². The van der Waals surface area contributed by atoms with Crippen molar-refractivity contribution in [3.63, 3.8) is 0 Å². The van der Waals surface area contributed by atoms with Crippen LogP contribution >= 0.6 is 0 Å². The van der Waals surface area contributed by atoms with Gasteiger partial charge in [0.25, 0.3) is 0 Å². The largest absolute Gasteiger partial charge is 0.362 e. The Morgan fingerprint density at radius 2 is 2.19 bits per heavy atom. The monoisotopic (exact) mass is 358 g/mol. The first kappa shape index (κ1) is 17.2. The van der Waals surface area contributed by atoms with Crippen molar-refractivity contribution in [2.45, 2.75) is 32.4 Å². The molecule has 1 N–H and O–H groups in total. The van der Waals surface area contributed by atoms with Crippen LogP contribution in [0.5, 0.6) is 0 Å². The number of hydrogen-bond donors (Lipinski definition) is 1. The molecule has 0 saturated carbocycles. The van der Waals surface area contributed by atoms with E-state index in [0.717, 1.165) is 42.1 Å². The summed E-state index contributed by atoms with van der Waals surface area (Å²) in [4.78, 5) is 13.6. The number of nitrogens with zero attached hydrogens (tertiary/aromatic N) is 3. The number of carbonyl (C=O) groups excluding carboxylic acids is 1. The summed E-state index contributed by atoms with van der Waals surface area (Å²) in [5.74, 6) is -0.314. The molecule has 3 heterocycles. The van der Waals surface area contributed by atoms with Crippen molar-refractivity contribution in [3.8, 4) is 5.69 Å². The minimum atomic E-state index is -0.320. The molecule has 2 aliphatic heterocycles. The van der Waals surface area contributed by atoms with Crippen molar-refractivity contribution in [1.29, 1.82) is 0 Å². The number of benzene rings is 1. The Labute approximate surface area is 151 Å². The van der Waals surface area contributed by atoms with Crippen LogP contribution in [-0.2, 0) is 16.1 Å². The van der Waals surface area contributed by atoms with Crippen LogP contribution < -0.4 is 5.32 Å². The van der Waals surface area contributed by atoms with Gasteiger partial charge in [0.05, 0.1) is 17.0 Å². The molecule has 0 aliphatic carbocycles. The zero-order valence-electron chi connectivity index (χ0n) is 15.1. The second-order valence-electron chi connectivity index (χ2n) is 7.32. The molecule has 6 nitrogen and oxygen atoms in total. The van der Waals surface area contributed by atoms with E-state index in [0.29, 0.717) is 13.1 Å². The van der Waals surface area contributed by atoms with E-state index in [1.165, 1.54) is 6.07 Å². The summed E-state index contributed by atoms with van der Waals surface area (Å²) in [7, 11) is 0. The van der Waals surface area contributed by atoms with Gasteiger partial charge in [-0.2, -0.15) is 5.10 Å². The molecule has 0 bridgehead atoms. The maximum absolute atomic E-state index is 13.9. The fourth-order valence-corrected chi connectivity index (χ4v) is 3.91. The van der Waals surface area contributed by atoms with E-state index in [1.54, 1.807) is 12.1 Å². The van der Waals surface area contributed by atoms with Gasteiger partial charge >= 0.3 is 0 Å². The number of halogens is 1. The SMILES string of the molecule is Cc1cc(C)n(-c2ccc(F)cc2CN2CCC3(CNC(=O)CO3)C2)n1. The maximum atomic E-state index is 13.9.